The van der Waals surface area contributed by atoms with Crippen molar-refractivity contribution in [2.24, 2.45) is 0 Å². The van der Waals surface area contributed by atoms with Gasteiger partial charge in [0.05, 0.1) is 12.7 Å². The second-order valence-electron chi connectivity index (χ2n) is 5.69. The summed E-state index contributed by atoms with van der Waals surface area (Å²) >= 11 is 0. The zero-order valence-corrected chi connectivity index (χ0v) is 11.9. The summed E-state index contributed by atoms with van der Waals surface area (Å²) in [6, 6.07) is 10.6. The van der Waals surface area contributed by atoms with Crippen LogP contribution in [-0.2, 0) is 11.2 Å². The Kier molecular flexibility index (Phi) is 4.78. The summed E-state index contributed by atoms with van der Waals surface area (Å²) in [4.78, 5) is 0. The van der Waals surface area contributed by atoms with Gasteiger partial charge >= 0.3 is 0 Å². The number of ether oxygens (including phenoxy) is 1. The summed E-state index contributed by atoms with van der Waals surface area (Å²) in [5, 5.41) is 9.13. The first kappa shape index (κ1) is 14.3. The Morgan fingerprint density at radius 3 is 2.74 bits per heavy atom. The van der Waals surface area contributed by atoms with E-state index < -0.39 is 0 Å². The van der Waals surface area contributed by atoms with Crippen molar-refractivity contribution in [1.82, 2.24) is 0 Å². The highest BCUT2D eigenvalue weighted by atomic mass is 16.6. The highest BCUT2D eigenvalue weighted by Crippen LogP contribution is 2.39. The van der Waals surface area contributed by atoms with Gasteiger partial charge in [0.2, 0.25) is 0 Å². The van der Waals surface area contributed by atoms with Gasteiger partial charge in [-0.05, 0) is 45.1 Å². The van der Waals surface area contributed by atoms with E-state index in [-0.39, 0.29) is 18.3 Å². The Morgan fingerprint density at radius 2 is 2.11 bits per heavy atom. The number of rotatable bonds is 7. The van der Waals surface area contributed by atoms with Crippen LogP contribution in [0.4, 0.5) is 0 Å². The SMILES string of the molecule is C/C(=C\CCc1ccccc1)CC[C@@H]1O[C@@]1(C)CO. The number of benzene rings is 1. The summed E-state index contributed by atoms with van der Waals surface area (Å²) in [7, 11) is 0. The molecular formula is C17H24O2. The number of aliphatic hydroxyl groups is 1. The molecule has 1 aliphatic heterocycles. The quantitative estimate of drug-likeness (QED) is 0.601. The minimum absolute atomic E-state index is 0.133. The molecule has 1 aromatic carbocycles. The van der Waals surface area contributed by atoms with Gasteiger partial charge in [-0.15, -0.1) is 0 Å². The molecule has 0 radical (unpaired) electrons. The van der Waals surface area contributed by atoms with Crippen molar-refractivity contribution in [2.45, 2.75) is 51.2 Å². The van der Waals surface area contributed by atoms with E-state index in [2.05, 4.69) is 43.3 Å². The normalized spacial score (nSPS) is 26.5. The third-order valence-electron chi connectivity index (χ3n) is 3.92. The van der Waals surface area contributed by atoms with Gasteiger partial charge in [0, 0.05) is 0 Å². The molecule has 0 aromatic heterocycles. The van der Waals surface area contributed by atoms with Crippen molar-refractivity contribution < 1.29 is 9.84 Å². The lowest BCUT2D eigenvalue weighted by Crippen LogP contribution is -2.14. The third-order valence-corrected chi connectivity index (χ3v) is 3.92. The first-order valence-electron chi connectivity index (χ1n) is 7.12. The van der Waals surface area contributed by atoms with Crippen molar-refractivity contribution in [3.05, 3.63) is 47.5 Å². The maximum atomic E-state index is 9.13. The number of hydrogen-bond donors (Lipinski definition) is 1. The fourth-order valence-corrected chi connectivity index (χ4v) is 2.39. The molecule has 104 valence electrons. The van der Waals surface area contributed by atoms with Crippen molar-refractivity contribution in [3.63, 3.8) is 0 Å². The van der Waals surface area contributed by atoms with Gasteiger partial charge in [0.1, 0.15) is 5.60 Å². The van der Waals surface area contributed by atoms with E-state index >= 15 is 0 Å². The van der Waals surface area contributed by atoms with Crippen molar-refractivity contribution in [3.8, 4) is 0 Å². The van der Waals surface area contributed by atoms with E-state index in [4.69, 9.17) is 9.84 Å². The number of aryl methyl sites for hydroxylation is 1. The molecule has 0 saturated carbocycles. The van der Waals surface area contributed by atoms with Crippen LogP contribution in [0.15, 0.2) is 42.0 Å². The molecule has 0 unspecified atom stereocenters. The van der Waals surface area contributed by atoms with Crippen LogP contribution in [0.2, 0.25) is 0 Å². The molecule has 19 heavy (non-hydrogen) atoms. The van der Waals surface area contributed by atoms with Gasteiger partial charge in [-0.2, -0.15) is 0 Å². The maximum Gasteiger partial charge on any atom is 0.115 e. The van der Waals surface area contributed by atoms with E-state index in [0.717, 1.165) is 25.7 Å². The van der Waals surface area contributed by atoms with Gasteiger partial charge < -0.3 is 9.84 Å². The van der Waals surface area contributed by atoms with Gasteiger partial charge in [0.15, 0.2) is 0 Å². The molecule has 1 heterocycles. The van der Waals surface area contributed by atoms with Crippen LogP contribution in [0, 0.1) is 0 Å². The number of hydrogen-bond acceptors (Lipinski definition) is 2. The Morgan fingerprint density at radius 1 is 1.37 bits per heavy atom. The first-order chi connectivity index (χ1) is 9.14. The van der Waals surface area contributed by atoms with Crippen LogP contribution < -0.4 is 0 Å². The second-order valence-corrected chi connectivity index (χ2v) is 5.69. The van der Waals surface area contributed by atoms with Gasteiger partial charge in [0.25, 0.3) is 0 Å². The largest absolute Gasteiger partial charge is 0.393 e. The Labute approximate surface area is 116 Å². The molecule has 2 nitrogen and oxygen atoms in total. The lowest BCUT2D eigenvalue weighted by molar-refractivity contribution is 0.184. The minimum Gasteiger partial charge on any atom is -0.393 e. The number of aliphatic hydroxyl groups excluding tert-OH is 1. The lowest BCUT2D eigenvalue weighted by Gasteiger charge is -2.02. The zero-order chi connectivity index (χ0) is 13.7. The van der Waals surface area contributed by atoms with E-state index in [0.29, 0.717) is 0 Å². The van der Waals surface area contributed by atoms with Crippen LogP contribution in [-0.4, -0.2) is 23.4 Å². The summed E-state index contributed by atoms with van der Waals surface area (Å²) in [5.74, 6) is 0. The second kappa shape index (κ2) is 6.36. The van der Waals surface area contributed by atoms with E-state index in [9.17, 15) is 0 Å². The van der Waals surface area contributed by atoms with Gasteiger partial charge in [-0.1, -0.05) is 42.0 Å². The van der Waals surface area contributed by atoms with E-state index in [1.807, 2.05) is 6.92 Å². The van der Waals surface area contributed by atoms with Crippen LogP contribution in [0.1, 0.15) is 38.7 Å². The fourth-order valence-electron chi connectivity index (χ4n) is 2.39. The maximum absolute atomic E-state index is 9.13. The van der Waals surface area contributed by atoms with Crippen LogP contribution in [0.5, 0.6) is 0 Å². The van der Waals surface area contributed by atoms with Gasteiger partial charge in [-0.25, -0.2) is 0 Å². The molecular weight excluding hydrogens is 236 g/mol. The Balaban J connectivity index is 1.66. The molecule has 1 saturated heterocycles. The highest BCUT2D eigenvalue weighted by Gasteiger charge is 2.50. The molecule has 1 fully saturated rings. The highest BCUT2D eigenvalue weighted by molar-refractivity contribution is 5.15. The molecule has 0 spiro atoms. The lowest BCUT2D eigenvalue weighted by atomic mass is 10.0. The standard InChI is InChI=1S/C17H24O2/c1-14(11-12-16-17(2,13-18)19-16)7-6-10-15-8-4-3-5-9-15/h3-5,7-9,16,18H,6,10-13H2,1-2H3/b14-7+/t16-,17-/m0/s1. The average molecular weight is 260 g/mol. The van der Waals surface area contributed by atoms with Crippen molar-refractivity contribution in [2.75, 3.05) is 6.61 Å². The zero-order valence-electron chi connectivity index (χ0n) is 11.9. The molecule has 1 aromatic rings. The molecule has 2 atom stereocenters. The van der Waals surface area contributed by atoms with E-state index in [1.54, 1.807) is 0 Å². The predicted octanol–water partition coefficient (Wildman–Crippen LogP) is 3.50. The summed E-state index contributed by atoms with van der Waals surface area (Å²) in [6.07, 6.45) is 6.85. The summed E-state index contributed by atoms with van der Waals surface area (Å²) in [6.45, 7) is 4.30. The molecule has 0 bridgehead atoms. The summed E-state index contributed by atoms with van der Waals surface area (Å²) < 4.78 is 5.50. The molecule has 2 rings (SSSR count). The van der Waals surface area contributed by atoms with Crippen LogP contribution in [0.3, 0.4) is 0 Å². The first-order valence-corrected chi connectivity index (χ1v) is 7.12. The van der Waals surface area contributed by atoms with E-state index in [1.165, 1.54) is 11.1 Å². The molecule has 0 amide bonds. The van der Waals surface area contributed by atoms with Crippen molar-refractivity contribution in [1.29, 1.82) is 0 Å². The fraction of sp³-hybridized carbons (Fsp3) is 0.529. The number of allylic oxidation sites excluding steroid dienone is 2. The van der Waals surface area contributed by atoms with Gasteiger partial charge in [-0.3, -0.25) is 0 Å². The molecule has 1 N–H and O–H groups in total. The van der Waals surface area contributed by atoms with Crippen LogP contribution in [0.25, 0.3) is 0 Å². The minimum atomic E-state index is -0.260. The van der Waals surface area contributed by atoms with Crippen molar-refractivity contribution >= 4 is 0 Å². The topological polar surface area (TPSA) is 32.8 Å². The smallest absolute Gasteiger partial charge is 0.115 e. The Hall–Kier alpha value is -1.12. The third kappa shape index (κ3) is 4.19. The predicted molar refractivity (Wildman–Crippen MR) is 78.1 cm³/mol. The van der Waals surface area contributed by atoms with Crippen LogP contribution >= 0.6 is 0 Å². The Bertz CT molecular complexity index is 424. The monoisotopic (exact) mass is 260 g/mol. The molecule has 1 aliphatic rings. The molecule has 0 aliphatic carbocycles. The molecule has 2 heteroatoms. The summed E-state index contributed by atoms with van der Waals surface area (Å²) in [5.41, 5.74) is 2.56. The average Bonchev–Trinajstić information content (AvgIpc) is 3.09. The number of epoxide rings is 1.